The van der Waals surface area contributed by atoms with Gasteiger partial charge in [-0.2, -0.15) is 0 Å². The van der Waals surface area contributed by atoms with Crippen molar-refractivity contribution in [3.05, 3.63) is 60.1 Å². The minimum atomic E-state index is -0.334. The van der Waals surface area contributed by atoms with E-state index >= 15 is 0 Å². The Bertz CT molecular complexity index is 673. The summed E-state index contributed by atoms with van der Waals surface area (Å²) in [6, 6.07) is 7.18. The molecule has 0 aromatic heterocycles. The molecule has 0 saturated heterocycles. The normalized spacial score (nSPS) is 20.1. The highest BCUT2D eigenvalue weighted by atomic mass is 16.6. The van der Waals surface area contributed by atoms with Gasteiger partial charge in [-0.05, 0) is 37.4 Å². The molecule has 1 aromatic carbocycles. The smallest absolute Gasteiger partial charge is 0.341 e. The molecule has 5 heteroatoms. The molecular formula is C18H19NO4. The quantitative estimate of drug-likeness (QED) is 0.634. The lowest BCUT2D eigenvalue weighted by Gasteiger charge is -2.21. The average molecular weight is 313 g/mol. The number of carbonyl (C=O) groups is 1. The number of hydrogen-bond acceptors (Lipinski definition) is 5. The lowest BCUT2D eigenvalue weighted by molar-refractivity contribution is -0.130. The summed E-state index contributed by atoms with van der Waals surface area (Å²) in [4.78, 5) is 14.0. The summed E-state index contributed by atoms with van der Waals surface area (Å²) < 4.78 is 16.5. The zero-order valence-corrected chi connectivity index (χ0v) is 13.2. The second-order valence-electron chi connectivity index (χ2n) is 5.56. The largest absolute Gasteiger partial charge is 0.491 e. The molecule has 0 aliphatic carbocycles. The Morgan fingerprint density at radius 2 is 2.09 bits per heavy atom. The minimum Gasteiger partial charge on any atom is -0.491 e. The minimum absolute atomic E-state index is 0.0647. The topological polar surface area (TPSA) is 48.0 Å². The number of ether oxygens (including phenoxy) is 3. The van der Waals surface area contributed by atoms with Crippen LogP contribution in [0.1, 0.15) is 18.9 Å². The second kappa shape index (κ2) is 6.60. The Hall–Kier alpha value is -2.69. The van der Waals surface area contributed by atoms with Crippen LogP contribution >= 0.6 is 0 Å². The van der Waals surface area contributed by atoms with E-state index in [0.717, 1.165) is 5.56 Å². The van der Waals surface area contributed by atoms with Gasteiger partial charge in [0.25, 0.3) is 0 Å². The molecule has 1 aromatic rings. The number of allylic oxidation sites excluding steroid dienone is 1. The van der Waals surface area contributed by atoms with Crippen LogP contribution in [0.5, 0.6) is 5.75 Å². The van der Waals surface area contributed by atoms with Crippen molar-refractivity contribution >= 4 is 11.7 Å². The first kappa shape index (κ1) is 15.2. The van der Waals surface area contributed by atoms with Gasteiger partial charge in [0.05, 0.1) is 5.57 Å². The maximum atomic E-state index is 12.1. The van der Waals surface area contributed by atoms with Crippen molar-refractivity contribution in [3.8, 4) is 5.75 Å². The summed E-state index contributed by atoms with van der Waals surface area (Å²) in [5, 5.41) is 0. The predicted molar refractivity (Wildman–Crippen MR) is 86.2 cm³/mol. The molecule has 1 atom stereocenters. The van der Waals surface area contributed by atoms with Crippen LogP contribution in [0.2, 0.25) is 0 Å². The van der Waals surface area contributed by atoms with Crippen molar-refractivity contribution in [2.75, 3.05) is 13.7 Å². The summed E-state index contributed by atoms with van der Waals surface area (Å²) in [5.41, 5.74) is 1.51. The van der Waals surface area contributed by atoms with Crippen molar-refractivity contribution in [2.45, 2.75) is 19.4 Å². The highest BCUT2D eigenvalue weighted by Crippen LogP contribution is 2.24. The average Bonchev–Trinajstić information content (AvgIpc) is 2.56. The van der Waals surface area contributed by atoms with E-state index in [2.05, 4.69) is 0 Å². The van der Waals surface area contributed by atoms with Crippen LogP contribution in [0.3, 0.4) is 0 Å². The molecule has 1 unspecified atom stereocenters. The predicted octanol–water partition coefficient (Wildman–Crippen LogP) is 3.06. The molecule has 0 saturated carbocycles. The van der Waals surface area contributed by atoms with Gasteiger partial charge in [-0.15, -0.1) is 0 Å². The first-order valence-corrected chi connectivity index (χ1v) is 7.52. The summed E-state index contributed by atoms with van der Waals surface area (Å²) in [5.74, 6) is 0.851. The molecule has 23 heavy (non-hydrogen) atoms. The Morgan fingerprint density at radius 3 is 2.74 bits per heavy atom. The Balaban J connectivity index is 1.65. The van der Waals surface area contributed by atoms with E-state index in [0.29, 0.717) is 30.1 Å². The maximum absolute atomic E-state index is 12.1. The van der Waals surface area contributed by atoms with Gasteiger partial charge in [-0.1, -0.05) is 6.08 Å². The molecule has 2 aliphatic heterocycles. The maximum Gasteiger partial charge on any atom is 0.341 e. The van der Waals surface area contributed by atoms with Crippen molar-refractivity contribution in [1.82, 2.24) is 4.90 Å². The number of nitrogens with zero attached hydrogens (tertiary/aromatic N) is 1. The molecule has 0 N–H and O–H groups in total. The van der Waals surface area contributed by atoms with Crippen LogP contribution in [-0.2, 0) is 14.3 Å². The van der Waals surface area contributed by atoms with Crippen molar-refractivity contribution in [3.63, 3.8) is 0 Å². The third-order valence-corrected chi connectivity index (χ3v) is 3.53. The van der Waals surface area contributed by atoms with E-state index in [9.17, 15) is 4.79 Å². The molecule has 0 bridgehead atoms. The van der Waals surface area contributed by atoms with E-state index in [1.165, 1.54) is 0 Å². The van der Waals surface area contributed by atoms with Crippen molar-refractivity contribution in [1.29, 1.82) is 0 Å². The summed E-state index contributed by atoms with van der Waals surface area (Å²) in [7, 11) is 1.87. The number of carbonyl (C=O) groups excluding carboxylic acids is 1. The number of esters is 1. The van der Waals surface area contributed by atoms with Gasteiger partial charge < -0.3 is 19.1 Å². The molecule has 5 nitrogen and oxygen atoms in total. The number of hydrogen-bond donors (Lipinski definition) is 0. The van der Waals surface area contributed by atoms with E-state index in [-0.39, 0.29) is 12.1 Å². The molecule has 0 amide bonds. The molecule has 3 rings (SSSR count). The van der Waals surface area contributed by atoms with Crippen LogP contribution in [0.4, 0.5) is 0 Å². The van der Waals surface area contributed by atoms with Gasteiger partial charge in [0.15, 0.2) is 5.76 Å². The van der Waals surface area contributed by atoms with Gasteiger partial charge in [-0.25, -0.2) is 4.79 Å². The SMILES string of the molecule is CC1COC(c2ccc(OC(=O)C3=CN(C)C=CC3)cc2)=CO1. The van der Waals surface area contributed by atoms with Crippen LogP contribution in [-0.4, -0.2) is 30.6 Å². The molecule has 0 fully saturated rings. The first-order valence-electron chi connectivity index (χ1n) is 7.52. The highest BCUT2D eigenvalue weighted by molar-refractivity contribution is 5.90. The third kappa shape index (κ3) is 3.74. The van der Waals surface area contributed by atoms with Crippen LogP contribution < -0.4 is 4.74 Å². The zero-order valence-electron chi connectivity index (χ0n) is 13.2. The van der Waals surface area contributed by atoms with Crippen molar-refractivity contribution in [2.24, 2.45) is 0 Å². The van der Waals surface area contributed by atoms with Crippen molar-refractivity contribution < 1.29 is 19.0 Å². The molecular weight excluding hydrogens is 294 g/mol. The Labute approximate surface area is 135 Å². The lowest BCUT2D eigenvalue weighted by Crippen LogP contribution is -2.18. The van der Waals surface area contributed by atoms with Gasteiger partial charge in [-0.3, -0.25) is 0 Å². The molecule has 2 aliphatic rings. The fourth-order valence-electron chi connectivity index (χ4n) is 2.29. The second-order valence-corrected chi connectivity index (χ2v) is 5.56. The van der Waals surface area contributed by atoms with Crippen LogP contribution in [0.25, 0.3) is 5.76 Å². The highest BCUT2D eigenvalue weighted by Gasteiger charge is 2.16. The van der Waals surface area contributed by atoms with E-state index in [1.807, 2.05) is 43.3 Å². The standard InChI is InChI=1S/C18H19NO4/c1-13-11-22-17(12-21-13)14-5-7-16(8-6-14)23-18(20)15-4-3-9-19(2)10-15/h3,5-10,12-13H,4,11H2,1-2H3. The summed E-state index contributed by atoms with van der Waals surface area (Å²) >= 11 is 0. The zero-order chi connectivity index (χ0) is 16.2. The molecule has 2 heterocycles. The monoisotopic (exact) mass is 313 g/mol. The Kier molecular flexibility index (Phi) is 4.37. The van der Waals surface area contributed by atoms with E-state index in [1.54, 1.807) is 24.6 Å². The number of benzene rings is 1. The van der Waals surface area contributed by atoms with Crippen LogP contribution in [0, 0.1) is 0 Å². The third-order valence-electron chi connectivity index (χ3n) is 3.53. The van der Waals surface area contributed by atoms with E-state index < -0.39 is 0 Å². The molecule has 120 valence electrons. The summed E-state index contributed by atoms with van der Waals surface area (Å²) in [6.07, 6.45) is 7.87. The van der Waals surface area contributed by atoms with Gasteiger partial charge in [0, 0.05) is 25.2 Å². The fraction of sp³-hybridized carbons (Fsp3) is 0.278. The van der Waals surface area contributed by atoms with Crippen LogP contribution in [0.15, 0.2) is 54.6 Å². The summed E-state index contributed by atoms with van der Waals surface area (Å²) in [6.45, 7) is 2.47. The fourth-order valence-corrected chi connectivity index (χ4v) is 2.29. The lowest BCUT2D eigenvalue weighted by atomic mass is 10.1. The molecule has 0 spiro atoms. The van der Waals surface area contributed by atoms with E-state index in [4.69, 9.17) is 14.2 Å². The van der Waals surface area contributed by atoms with Gasteiger partial charge >= 0.3 is 5.97 Å². The number of rotatable bonds is 3. The van der Waals surface area contributed by atoms with Gasteiger partial charge in [0.2, 0.25) is 0 Å². The van der Waals surface area contributed by atoms with Gasteiger partial charge in [0.1, 0.15) is 24.7 Å². The molecule has 0 radical (unpaired) electrons. The Morgan fingerprint density at radius 1 is 1.30 bits per heavy atom. The first-order chi connectivity index (χ1) is 11.1.